The van der Waals surface area contributed by atoms with E-state index in [0.29, 0.717) is 21.4 Å². The first-order valence-electron chi connectivity index (χ1n) is 8.71. The van der Waals surface area contributed by atoms with Crippen molar-refractivity contribution in [1.29, 1.82) is 0 Å². The molecule has 2 rings (SSSR count). The number of carboxylic acid groups (broad SMARTS) is 1. The highest BCUT2D eigenvalue weighted by atomic mass is 32.2. The maximum Gasteiger partial charge on any atom is 0.323 e. The van der Waals surface area contributed by atoms with Crippen LogP contribution in [-0.2, 0) is 4.79 Å². The second-order valence-corrected chi connectivity index (χ2v) is 8.85. The van der Waals surface area contributed by atoms with Gasteiger partial charge in [0.1, 0.15) is 0 Å². The number of thioether (sulfide) groups is 1. The highest BCUT2D eigenvalue weighted by Crippen LogP contribution is 2.27. The van der Waals surface area contributed by atoms with Gasteiger partial charge >= 0.3 is 12.0 Å². The first kappa shape index (κ1) is 20.0. The zero-order valence-corrected chi connectivity index (χ0v) is 16.4. The lowest BCUT2D eigenvalue weighted by atomic mass is 9.94. The maximum absolute atomic E-state index is 12.8. The lowest BCUT2D eigenvalue weighted by molar-refractivity contribution is -0.133. The Hall–Kier alpha value is -1.35. The van der Waals surface area contributed by atoms with E-state index >= 15 is 0 Å². The van der Waals surface area contributed by atoms with E-state index in [2.05, 4.69) is 29.4 Å². The van der Waals surface area contributed by atoms with E-state index in [-0.39, 0.29) is 11.8 Å². The molecule has 0 bridgehead atoms. The molecule has 0 atom stereocenters. The van der Waals surface area contributed by atoms with Gasteiger partial charge in [-0.15, -0.1) is 10.2 Å². The molecule has 1 heterocycles. The molecule has 2 N–H and O–H groups in total. The Kier molecular flexibility index (Phi) is 7.95. The molecule has 7 nitrogen and oxygen atoms in total. The Labute approximate surface area is 156 Å². The van der Waals surface area contributed by atoms with E-state index < -0.39 is 5.97 Å². The minimum Gasteiger partial charge on any atom is -0.481 e. The van der Waals surface area contributed by atoms with Crippen molar-refractivity contribution in [2.75, 3.05) is 17.6 Å². The minimum atomic E-state index is -0.900. The summed E-state index contributed by atoms with van der Waals surface area (Å²) in [6.45, 7) is 5.06. The lowest BCUT2D eigenvalue weighted by Gasteiger charge is -2.34. The summed E-state index contributed by atoms with van der Waals surface area (Å²) in [5, 5.41) is 19.8. The monoisotopic (exact) mass is 386 g/mol. The summed E-state index contributed by atoms with van der Waals surface area (Å²) < 4.78 is 0.545. The standard InChI is InChI=1S/C16H26N4O3S2/c1-11(2)8-9-20(12-6-4-3-5-7-12)15(23)17-14-18-19-16(25-14)24-10-13(21)22/h11-12H,3-10H2,1-2H3,(H,21,22)(H,17,18,23). The van der Waals surface area contributed by atoms with Crippen LogP contribution in [-0.4, -0.2) is 50.5 Å². The van der Waals surface area contributed by atoms with Crippen LogP contribution in [0.15, 0.2) is 4.34 Å². The summed E-state index contributed by atoms with van der Waals surface area (Å²) in [7, 11) is 0. The maximum atomic E-state index is 12.8. The number of carbonyl (C=O) groups is 2. The summed E-state index contributed by atoms with van der Waals surface area (Å²) in [5.74, 6) is -0.423. The Bertz CT molecular complexity index is 573. The molecule has 0 radical (unpaired) electrons. The number of urea groups is 1. The average Bonchev–Trinajstić information content (AvgIpc) is 3.01. The summed E-state index contributed by atoms with van der Waals surface area (Å²) in [4.78, 5) is 25.3. The Morgan fingerprint density at radius 1 is 1.32 bits per heavy atom. The van der Waals surface area contributed by atoms with Crippen molar-refractivity contribution in [3.63, 3.8) is 0 Å². The topological polar surface area (TPSA) is 95.4 Å². The number of anilines is 1. The SMILES string of the molecule is CC(C)CCN(C(=O)Nc1nnc(SCC(=O)O)s1)C1CCCCC1. The van der Waals surface area contributed by atoms with Crippen molar-refractivity contribution in [2.45, 2.75) is 62.8 Å². The number of nitrogens with one attached hydrogen (secondary N) is 1. The van der Waals surface area contributed by atoms with E-state index in [1.165, 1.54) is 30.6 Å². The van der Waals surface area contributed by atoms with Gasteiger partial charge in [0.2, 0.25) is 5.13 Å². The second-order valence-electron chi connectivity index (χ2n) is 6.65. The Morgan fingerprint density at radius 2 is 2.04 bits per heavy atom. The number of carbonyl (C=O) groups excluding carboxylic acids is 1. The Balaban J connectivity index is 1.96. The van der Waals surface area contributed by atoms with Gasteiger partial charge in [0, 0.05) is 12.6 Å². The number of carboxylic acids is 1. The average molecular weight is 387 g/mol. The van der Waals surface area contributed by atoms with Gasteiger partial charge in [0.15, 0.2) is 4.34 Å². The number of hydrogen-bond donors (Lipinski definition) is 2. The quantitative estimate of drug-likeness (QED) is 0.519. The summed E-state index contributed by atoms with van der Waals surface area (Å²) in [6.07, 6.45) is 6.68. The first-order chi connectivity index (χ1) is 12.0. The summed E-state index contributed by atoms with van der Waals surface area (Å²) >= 11 is 2.32. The van der Waals surface area contributed by atoms with Crippen molar-refractivity contribution in [1.82, 2.24) is 15.1 Å². The molecule has 1 aromatic heterocycles. The predicted octanol–water partition coefficient (Wildman–Crippen LogP) is 3.93. The van der Waals surface area contributed by atoms with Gasteiger partial charge in [-0.1, -0.05) is 56.2 Å². The zero-order valence-electron chi connectivity index (χ0n) is 14.7. The molecule has 0 aromatic carbocycles. The number of nitrogens with zero attached hydrogens (tertiary/aromatic N) is 3. The number of aliphatic carboxylic acids is 1. The molecule has 9 heteroatoms. The third-order valence-electron chi connectivity index (χ3n) is 4.16. The zero-order chi connectivity index (χ0) is 18.2. The van der Waals surface area contributed by atoms with Gasteiger partial charge in [0.05, 0.1) is 5.75 Å². The molecule has 1 saturated carbocycles. The highest BCUT2D eigenvalue weighted by Gasteiger charge is 2.26. The van der Waals surface area contributed by atoms with Crippen LogP contribution in [0.2, 0.25) is 0 Å². The molecule has 0 spiro atoms. The van der Waals surface area contributed by atoms with Crippen LogP contribution in [0.3, 0.4) is 0 Å². The van der Waals surface area contributed by atoms with E-state index in [9.17, 15) is 9.59 Å². The van der Waals surface area contributed by atoms with Crippen molar-refractivity contribution in [3.05, 3.63) is 0 Å². The third-order valence-corrected chi connectivity index (χ3v) is 6.12. The fraction of sp³-hybridized carbons (Fsp3) is 0.750. The summed E-state index contributed by atoms with van der Waals surface area (Å²) in [5.41, 5.74) is 0. The van der Waals surface area contributed by atoms with Gasteiger partial charge in [-0.2, -0.15) is 0 Å². The van der Waals surface area contributed by atoms with Gasteiger partial charge in [-0.3, -0.25) is 10.1 Å². The van der Waals surface area contributed by atoms with Crippen molar-refractivity contribution in [2.24, 2.45) is 5.92 Å². The van der Waals surface area contributed by atoms with Gasteiger partial charge in [0.25, 0.3) is 0 Å². The van der Waals surface area contributed by atoms with Gasteiger partial charge in [-0.25, -0.2) is 4.79 Å². The number of hydrogen-bond acceptors (Lipinski definition) is 6. The van der Waals surface area contributed by atoms with Crippen LogP contribution in [0.25, 0.3) is 0 Å². The molecular formula is C16H26N4O3S2. The minimum absolute atomic E-state index is 0.0643. The highest BCUT2D eigenvalue weighted by molar-refractivity contribution is 8.01. The molecule has 1 aromatic rings. The smallest absolute Gasteiger partial charge is 0.323 e. The molecule has 140 valence electrons. The molecule has 0 saturated heterocycles. The normalized spacial score (nSPS) is 15.3. The fourth-order valence-corrected chi connectivity index (χ4v) is 4.31. The molecule has 2 amide bonds. The van der Waals surface area contributed by atoms with Crippen molar-refractivity contribution < 1.29 is 14.7 Å². The largest absolute Gasteiger partial charge is 0.481 e. The molecule has 0 aliphatic heterocycles. The van der Waals surface area contributed by atoms with Crippen LogP contribution in [0, 0.1) is 5.92 Å². The molecule has 0 unspecified atom stereocenters. The van der Waals surface area contributed by atoms with Crippen LogP contribution in [0.1, 0.15) is 52.4 Å². The van der Waals surface area contributed by atoms with E-state index in [1.54, 1.807) is 0 Å². The van der Waals surface area contributed by atoms with Crippen molar-refractivity contribution >= 4 is 40.2 Å². The molecule has 1 fully saturated rings. The van der Waals surface area contributed by atoms with Crippen molar-refractivity contribution in [3.8, 4) is 0 Å². The fourth-order valence-electron chi connectivity index (χ4n) is 2.85. The van der Waals surface area contributed by atoms with Crippen LogP contribution < -0.4 is 5.32 Å². The van der Waals surface area contributed by atoms with E-state index in [1.807, 2.05) is 4.90 Å². The number of rotatable bonds is 8. The Morgan fingerprint density at radius 3 is 2.68 bits per heavy atom. The van der Waals surface area contributed by atoms with Gasteiger partial charge in [-0.05, 0) is 25.2 Å². The predicted molar refractivity (Wildman–Crippen MR) is 100 cm³/mol. The number of aromatic nitrogens is 2. The second kappa shape index (κ2) is 9.96. The molecule has 25 heavy (non-hydrogen) atoms. The van der Waals surface area contributed by atoms with Crippen LogP contribution in [0.5, 0.6) is 0 Å². The summed E-state index contributed by atoms with van der Waals surface area (Å²) in [6, 6.07) is 0.166. The first-order valence-corrected chi connectivity index (χ1v) is 10.5. The van der Waals surface area contributed by atoms with E-state index in [0.717, 1.165) is 37.6 Å². The van der Waals surface area contributed by atoms with Crippen LogP contribution in [0.4, 0.5) is 9.93 Å². The van der Waals surface area contributed by atoms with E-state index in [4.69, 9.17) is 5.11 Å². The third kappa shape index (κ3) is 6.81. The van der Waals surface area contributed by atoms with Gasteiger partial charge < -0.3 is 10.0 Å². The van der Waals surface area contributed by atoms with Crippen LogP contribution >= 0.6 is 23.1 Å². The molecule has 1 aliphatic carbocycles. The number of amides is 2. The molecule has 1 aliphatic rings. The lowest BCUT2D eigenvalue weighted by Crippen LogP contribution is -2.44. The molecular weight excluding hydrogens is 360 g/mol.